The van der Waals surface area contributed by atoms with Gasteiger partial charge in [0.25, 0.3) is 0 Å². The first-order chi connectivity index (χ1) is 10.8. The second-order valence-electron chi connectivity index (χ2n) is 5.53. The minimum absolute atomic E-state index is 0.550. The van der Waals surface area contributed by atoms with Gasteiger partial charge in [-0.05, 0) is 24.6 Å². The van der Waals surface area contributed by atoms with Crippen molar-refractivity contribution in [3.63, 3.8) is 0 Å². The van der Waals surface area contributed by atoms with Crippen molar-refractivity contribution in [2.45, 2.75) is 6.42 Å². The first-order valence-electron chi connectivity index (χ1n) is 7.50. The van der Waals surface area contributed by atoms with E-state index in [1.165, 1.54) is 0 Å². The number of hydrogen-bond acceptors (Lipinski definition) is 5. The predicted octanol–water partition coefficient (Wildman–Crippen LogP) is 2.88. The lowest BCUT2D eigenvalue weighted by atomic mass is 10.1. The van der Waals surface area contributed by atoms with Gasteiger partial charge in [0.05, 0.1) is 25.3 Å². The van der Waals surface area contributed by atoms with Crippen molar-refractivity contribution in [2.24, 2.45) is 5.92 Å². The zero-order valence-corrected chi connectivity index (χ0v) is 14.3. The van der Waals surface area contributed by atoms with Crippen molar-refractivity contribution in [3.05, 3.63) is 29.0 Å². The molecule has 2 aromatic rings. The first kappa shape index (κ1) is 15.6. The number of ether oxygens (including phenoxy) is 2. The van der Waals surface area contributed by atoms with Gasteiger partial charge >= 0.3 is 0 Å². The molecule has 0 N–H and O–H groups in total. The Morgan fingerprint density at radius 3 is 3.09 bits per heavy atom. The van der Waals surface area contributed by atoms with Crippen LogP contribution < -0.4 is 4.90 Å². The third-order valence-corrected chi connectivity index (χ3v) is 4.44. The number of halogens is 1. The molecule has 118 valence electrons. The molecule has 1 saturated heterocycles. The van der Waals surface area contributed by atoms with Crippen LogP contribution in [0.2, 0.25) is 0 Å². The van der Waals surface area contributed by atoms with E-state index in [4.69, 9.17) is 9.47 Å². The van der Waals surface area contributed by atoms with E-state index >= 15 is 0 Å². The van der Waals surface area contributed by atoms with Crippen molar-refractivity contribution in [1.29, 1.82) is 0 Å². The highest BCUT2D eigenvalue weighted by atomic mass is 79.9. The van der Waals surface area contributed by atoms with E-state index in [1.54, 1.807) is 13.4 Å². The van der Waals surface area contributed by atoms with Gasteiger partial charge in [-0.2, -0.15) is 0 Å². The Morgan fingerprint density at radius 2 is 2.23 bits per heavy atom. The summed E-state index contributed by atoms with van der Waals surface area (Å²) in [6, 6.07) is 6.12. The molecular formula is C16H20BrN3O2. The molecule has 3 rings (SSSR count). The van der Waals surface area contributed by atoms with Crippen LogP contribution in [0.3, 0.4) is 0 Å². The lowest BCUT2D eigenvalue weighted by Gasteiger charge is -2.19. The highest BCUT2D eigenvalue weighted by Crippen LogP contribution is 2.29. The minimum atomic E-state index is 0.550. The van der Waals surface area contributed by atoms with E-state index in [9.17, 15) is 0 Å². The summed E-state index contributed by atoms with van der Waals surface area (Å²) in [5.41, 5.74) is 0.980. The topological polar surface area (TPSA) is 47.5 Å². The number of benzene rings is 1. The van der Waals surface area contributed by atoms with Gasteiger partial charge in [-0.15, -0.1) is 0 Å². The molecule has 1 fully saturated rings. The van der Waals surface area contributed by atoms with Crippen LogP contribution >= 0.6 is 15.9 Å². The number of rotatable bonds is 6. The zero-order valence-electron chi connectivity index (χ0n) is 12.7. The highest BCUT2D eigenvalue weighted by Gasteiger charge is 2.25. The van der Waals surface area contributed by atoms with Crippen LogP contribution in [-0.4, -0.2) is 50.0 Å². The van der Waals surface area contributed by atoms with E-state index in [0.717, 1.165) is 47.3 Å². The normalized spacial score (nSPS) is 18.3. The van der Waals surface area contributed by atoms with Crippen molar-refractivity contribution in [1.82, 2.24) is 9.97 Å². The Labute approximate surface area is 138 Å². The highest BCUT2D eigenvalue weighted by molar-refractivity contribution is 9.10. The van der Waals surface area contributed by atoms with E-state index in [0.29, 0.717) is 19.1 Å². The van der Waals surface area contributed by atoms with Gasteiger partial charge in [0.15, 0.2) is 0 Å². The van der Waals surface area contributed by atoms with Gasteiger partial charge in [-0.3, -0.25) is 0 Å². The molecule has 0 amide bonds. The van der Waals surface area contributed by atoms with Gasteiger partial charge in [-0.1, -0.05) is 15.9 Å². The number of hydrogen-bond donors (Lipinski definition) is 0. The summed E-state index contributed by atoms with van der Waals surface area (Å²) in [6.45, 7) is 4.09. The summed E-state index contributed by atoms with van der Waals surface area (Å²) in [5.74, 6) is 1.57. The van der Waals surface area contributed by atoms with Crippen LogP contribution in [0.1, 0.15) is 6.42 Å². The van der Waals surface area contributed by atoms with E-state index in [-0.39, 0.29) is 0 Å². The van der Waals surface area contributed by atoms with Crippen LogP contribution in [-0.2, 0) is 9.47 Å². The molecule has 0 radical (unpaired) electrons. The van der Waals surface area contributed by atoms with Crippen LogP contribution in [0.5, 0.6) is 0 Å². The zero-order chi connectivity index (χ0) is 15.4. The van der Waals surface area contributed by atoms with E-state index in [1.807, 2.05) is 12.1 Å². The molecule has 1 aromatic carbocycles. The summed E-state index contributed by atoms with van der Waals surface area (Å²) in [6.07, 6.45) is 2.78. The summed E-state index contributed by atoms with van der Waals surface area (Å²) >= 11 is 3.53. The molecule has 1 aliphatic heterocycles. The maximum atomic E-state index is 5.66. The van der Waals surface area contributed by atoms with Crippen molar-refractivity contribution >= 4 is 32.7 Å². The Morgan fingerprint density at radius 1 is 1.32 bits per heavy atom. The maximum Gasteiger partial charge on any atom is 0.139 e. The average molecular weight is 366 g/mol. The fourth-order valence-electron chi connectivity index (χ4n) is 2.82. The summed E-state index contributed by atoms with van der Waals surface area (Å²) in [7, 11) is 1.69. The van der Waals surface area contributed by atoms with Crippen molar-refractivity contribution in [2.75, 3.05) is 44.9 Å². The van der Waals surface area contributed by atoms with Gasteiger partial charge in [0.1, 0.15) is 12.1 Å². The average Bonchev–Trinajstić information content (AvgIpc) is 2.99. The van der Waals surface area contributed by atoms with Gasteiger partial charge < -0.3 is 14.4 Å². The fraction of sp³-hybridized carbons (Fsp3) is 0.500. The monoisotopic (exact) mass is 365 g/mol. The third kappa shape index (κ3) is 3.56. The molecule has 5 nitrogen and oxygen atoms in total. The van der Waals surface area contributed by atoms with Crippen molar-refractivity contribution < 1.29 is 9.47 Å². The molecule has 1 unspecified atom stereocenters. The van der Waals surface area contributed by atoms with Gasteiger partial charge in [-0.25, -0.2) is 9.97 Å². The minimum Gasteiger partial charge on any atom is -0.382 e. The van der Waals surface area contributed by atoms with Crippen molar-refractivity contribution in [3.8, 4) is 0 Å². The Hall–Kier alpha value is -1.24. The molecule has 22 heavy (non-hydrogen) atoms. The van der Waals surface area contributed by atoms with E-state index in [2.05, 4.69) is 36.9 Å². The van der Waals surface area contributed by atoms with Gasteiger partial charge in [0.2, 0.25) is 0 Å². The number of fused-ring (bicyclic) bond motifs is 1. The molecule has 6 heteroatoms. The first-order valence-corrected chi connectivity index (χ1v) is 8.29. The second-order valence-corrected chi connectivity index (χ2v) is 6.44. The smallest absolute Gasteiger partial charge is 0.139 e. The van der Waals surface area contributed by atoms with Crippen LogP contribution in [0, 0.1) is 5.92 Å². The standard InChI is InChI=1S/C16H20BrN3O2/c1-21-6-7-22-10-12-4-5-20(9-12)16-14-8-13(17)2-3-15(14)18-11-19-16/h2-3,8,11-12H,4-7,9-10H2,1H3. The lowest BCUT2D eigenvalue weighted by molar-refractivity contribution is 0.0549. The molecule has 0 saturated carbocycles. The Balaban J connectivity index is 1.69. The number of aromatic nitrogens is 2. The molecule has 1 aromatic heterocycles. The molecular weight excluding hydrogens is 346 g/mol. The van der Waals surface area contributed by atoms with Gasteiger partial charge in [0, 0.05) is 36.0 Å². The Kier molecular flexibility index (Phi) is 5.23. The maximum absolute atomic E-state index is 5.66. The number of nitrogens with zero attached hydrogens (tertiary/aromatic N) is 3. The third-order valence-electron chi connectivity index (χ3n) is 3.95. The predicted molar refractivity (Wildman–Crippen MR) is 90.3 cm³/mol. The summed E-state index contributed by atoms with van der Waals surface area (Å²) in [5, 5.41) is 1.10. The summed E-state index contributed by atoms with van der Waals surface area (Å²) in [4.78, 5) is 11.2. The molecule has 0 spiro atoms. The summed E-state index contributed by atoms with van der Waals surface area (Å²) < 4.78 is 11.7. The SMILES string of the molecule is COCCOCC1CCN(c2ncnc3ccc(Br)cc23)C1. The fourth-order valence-corrected chi connectivity index (χ4v) is 3.18. The second kappa shape index (κ2) is 7.35. The molecule has 2 heterocycles. The molecule has 1 aliphatic rings. The Bertz CT molecular complexity index is 638. The largest absolute Gasteiger partial charge is 0.382 e. The van der Waals surface area contributed by atoms with Crippen LogP contribution in [0.15, 0.2) is 29.0 Å². The molecule has 0 bridgehead atoms. The van der Waals surface area contributed by atoms with E-state index < -0.39 is 0 Å². The molecule has 1 atom stereocenters. The number of anilines is 1. The number of methoxy groups -OCH3 is 1. The van der Waals surface area contributed by atoms with Crippen LogP contribution in [0.4, 0.5) is 5.82 Å². The molecule has 0 aliphatic carbocycles. The lowest BCUT2D eigenvalue weighted by Crippen LogP contribution is -2.22. The van der Waals surface area contributed by atoms with Crippen LogP contribution in [0.25, 0.3) is 10.9 Å². The quantitative estimate of drug-likeness (QED) is 0.736.